The number of fused-ring (bicyclic) bond motifs is 1. The number of hydrogen-bond acceptors (Lipinski definition) is 1. The third-order valence-electron chi connectivity index (χ3n) is 3.35. The summed E-state index contributed by atoms with van der Waals surface area (Å²) in [6, 6.07) is 10.6. The molecule has 3 aromatic rings. The Morgan fingerprint density at radius 3 is 2.38 bits per heavy atom. The van der Waals surface area contributed by atoms with Crippen molar-refractivity contribution in [1.29, 1.82) is 0 Å². The molecule has 21 heavy (non-hydrogen) atoms. The number of aryl methyl sites for hydroxylation is 1. The van der Waals surface area contributed by atoms with Gasteiger partial charge in [-0.3, -0.25) is 4.79 Å². The monoisotopic (exact) mass is 381 g/mol. The summed E-state index contributed by atoms with van der Waals surface area (Å²) in [4.78, 5) is 12.4. The molecule has 2 heterocycles. The number of benzene rings is 1. The summed E-state index contributed by atoms with van der Waals surface area (Å²) in [6.07, 6.45) is 1.76. The second-order valence-electron chi connectivity index (χ2n) is 4.72. The number of pyridine rings is 2. The maximum atomic E-state index is 12.4. The van der Waals surface area contributed by atoms with Crippen molar-refractivity contribution in [3.8, 4) is 11.1 Å². The first-order chi connectivity index (χ1) is 9.99. The molecule has 2 nitrogen and oxygen atoms in total. The van der Waals surface area contributed by atoms with Gasteiger partial charge in [-0.05, 0) is 31.2 Å². The van der Waals surface area contributed by atoms with E-state index in [2.05, 4.69) is 15.9 Å². The number of halogens is 3. The Bertz CT molecular complexity index is 898. The number of nitrogens with zero attached hydrogens (tertiary/aromatic N) is 1. The lowest BCUT2D eigenvalue weighted by molar-refractivity contribution is 1.07. The third kappa shape index (κ3) is 2.50. The van der Waals surface area contributed by atoms with Crippen molar-refractivity contribution in [2.75, 3.05) is 0 Å². The van der Waals surface area contributed by atoms with E-state index in [1.54, 1.807) is 24.4 Å². The lowest BCUT2D eigenvalue weighted by Crippen LogP contribution is -2.09. The van der Waals surface area contributed by atoms with Crippen LogP contribution < -0.4 is 5.43 Å². The number of aromatic nitrogens is 1. The zero-order valence-corrected chi connectivity index (χ0v) is 14.1. The van der Waals surface area contributed by atoms with E-state index in [1.807, 2.05) is 23.5 Å². The summed E-state index contributed by atoms with van der Waals surface area (Å²) in [7, 11) is 0. The standard InChI is InChI=1S/C16H10BrCl2NO/c1-9-7-10(17)8-13-16(14(21)5-6-20(9)13)15-11(18)3-2-4-12(15)19/h2-8H,1H3. The summed E-state index contributed by atoms with van der Waals surface area (Å²) in [5, 5.41) is 0.927. The van der Waals surface area contributed by atoms with E-state index >= 15 is 0 Å². The summed E-state index contributed by atoms with van der Waals surface area (Å²) >= 11 is 16.0. The average molecular weight is 383 g/mol. The van der Waals surface area contributed by atoms with Crippen LogP contribution in [0.4, 0.5) is 0 Å². The summed E-state index contributed by atoms with van der Waals surface area (Å²) in [6.45, 7) is 1.97. The normalized spacial score (nSPS) is 11.0. The van der Waals surface area contributed by atoms with Crippen LogP contribution in [0.1, 0.15) is 5.69 Å². The summed E-state index contributed by atoms with van der Waals surface area (Å²) < 4.78 is 2.84. The van der Waals surface area contributed by atoms with Gasteiger partial charge in [-0.15, -0.1) is 0 Å². The van der Waals surface area contributed by atoms with E-state index in [9.17, 15) is 4.79 Å². The highest BCUT2D eigenvalue weighted by atomic mass is 79.9. The van der Waals surface area contributed by atoms with Crippen LogP contribution >= 0.6 is 39.1 Å². The van der Waals surface area contributed by atoms with Crippen LogP contribution in [-0.4, -0.2) is 4.40 Å². The summed E-state index contributed by atoms with van der Waals surface area (Å²) in [5.74, 6) is 0. The Hall–Kier alpha value is -1.29. The molecule has 0 saturated heterocycles. The highest BCUT2D eigenvalue weighted by molar-refractivity contribution is 9.10. The van der Waals surface area contributed by atoms with Gasteiger partial charge in [0.05, 0.1) is 21.1 Å². The second kappa shape index (κ2) is 5.48. The molecular weight excluding hydrogens is 373 g/mol. The largest absolute Gasteiger partial charge is 0.320 e. The molecule has 0 atom stereocenters. The molecule has 0 aliphatic heterocycles. The van der Waals surface area contributed by atoms with Crippen LogP contribution in [-0.2, 0) is 0 Å². The Kier molecular flexibility index (Phi) is 3.82. The van der Waals surface area contributed by atoms with Gasteiger partial charge in [-0.25, -0.2) is 0 Å². The van der Waals surface area contributed by atoms with Crippen LogP contribution in [0.3, 0.4) is 0 Å². The van der Waals surface area contributed by atoms with Crippen molar-refractivity contribution in [2.24, 2.45) is 0 Å². The van der Waals surface area contributed by atoms with E-state index in [0.29, 0.717) is 21.2 Å². The molecule has 0 aliphatic carbocycles. The lowest BCUT2D eigenvalue weighted by atomic mass is 10.0. The quantitative estimate of drug-likeness (QED) is 0.556. The maximum Gasteiger partial charge on any atom is 0.190 e. The van der Waals surface area contributed by atoms with Crippen LogP contribution in [0.15, 0.2) is 51.9 Å². The van der Waals surface area contributed by atoms with Gasteiger partial charge in [0.1, 0.15) is 0 Å². The SMILES string of the molecule is Cc1cc(Br)cc2c(-c3c(Cl)cccc3Cl)c(=O)ccn12. The molecule has 0 saturated carbocycles. The molecule has 106 valence electrons. The topological polar surface area (TPSA) is 21.5 Å². The molecule has 5 heteroatoms. The van der Waals surface area contributed by atoms with Gasteiger partial charge in [0.25, 0.3) is 0 Å². The predicted octanol–water partition coefficient (Wildman–Crippen LogP) is 5.34. The molecule has 0 aliphatic rings. The fraction of sp³-hybridized carbons (Fsp3) is 0.0625. The van der Waals surface area contributed by atoms with Crippen molar-refractivity contribution in [3.05, 3.63) is 73.0 Å². The first-order valence-corrected chi connectivity index (χ1v) is 7.80. The van der Waals surface area contributed by atoms with Gasteiger partial charge >= 0.3 is 0 Å². The van der Waals surface area contributed by atoms with Gasteiger partial charge in [0, 0.05) is 28.0 Å². The Morgan fingerprint density at radius 2 is 1.71 bits per heavy atom. The highest BCUT2D eigenvalue weighted by Gasteiger charge is 2.16. The molecule has 0 bridgehead atoms. The molecule has 0 unspecified atom stereocenters. The fourth-order valence-electron chi connectivity index (χ4n) is 2.43. The molecule has 0 N–H and O–H groups in total. The molecule has 1 aromatic carbocycles. The van der Waals surface area contributed by atoms with E-state index in [1.165, 1.54) is 6.07 Å². The Balaban J connectivity index is 2.53. The number of hydrogen-bond donors (Lipinski definition) is 0. The average Bonchev–Trinajstić information content (AvgIpc) is 2.40. The van der Waals surface area contributed by atoms with Crippen molar-refractivity contribution in [3.63, 3.8) is 0 Å². The molecular formula is C16H10BrCl2NO. The number of rotatable bonds is 1. The van der Waals surface area contributed by atoms with Crippen LogP contribution in [0.25, 0.3) is 16.6 Å². The molecule has 3 rings (SSSR count). The van der Waals surface area contributed by atoms with Gasteiger partial charge in [0.2, 0.25) is 0 Å². The minimum absolute atomic E-state index is 0.109. The first-order valence-electron chi connectivity index (χ1n) is 6.25. The zero-order chi connectivity index (χ0) is 15.1. The minimum atomic E-state index is -0.109. The third-order valence-corrected chi connectivity index (χ3v) is 4.44. The van der Waals surface area contributed by atoms with Crippen LogP contribution in [0.5, 0.6) is 0 Å². The first kappa shape index (κ1) is 14.6. The Labute approximate surface area is 140 Å². The molecule has 0 amide bonds. The van der Waals surface area contributed by atoms with Gasteiger partial charge < -0.3 is 4.40 Å². The maximum absolute atomic E-state index is 12.4. The molecule has 2 aromatic heterocycles. The predicted molar refractivity (Wildman–Crippen MR) is 91.6 cm³/mol. The van der Waals surface area contributed by atoms with Crippen molar-refractivity contribution >= 4 is 44.6 Å². The van der Waals surface area contributed by atoms with Crippen molar-refractivity contribution in [1.82, 2.24) is 4.40 Å². The van der Waals surface area contributed by atoms with E-state index in [4.69, 9.17) is 23.2 Å². The second-order valence-corrected chi connectivity index (χ2v) is 6.45. The minimum Gasteiger partial charge on any atom is -0.320 e. The van der Waals surface area contributed by atoms with E-state index in [-0.39, 0.29) is 5.43 Å². The van der Waals surface area contributed by atoms with E-state index < -0.39 is 0 Å². The Morgan fingerprint density at radius 1 is 1.05 bits per heavy atom. The van der Waals surface area contributed by atoms with Gasteiger partial charge in [0.15, 0.2) is 5.43 Å². The molecule has 0 fully saturated rings. The van der Waals surface area contributed by atoms with E-state index in [0.717, 1.165) is 15.7 Å². The van der Waals surface area contributed by atoms with Crippen LogP contribution in [0.2, 0.25) is 10.0 Å². The summed E-state index contributed by atoms with van der Waals surface area (Å²) in [5.41, 5.74) is 2.75. The van der Waals surface area contributed by atoms with Gasteiger partial charge in [-0.2, -0.15) is 0 Å². The highest BCUT2D eigenvalue weighted by Crippen LogP contribution is 2.35. The van der Waals surface area contributed by atoms with Crippen molar-refractivity contribution in [2.45, 2.75) is 6.92 Å². The van der Waals surface area contributed by atoms with Gasteiger partial charge in [-0.1, -0.05) is 45.2 Å². The molecule has 0 spiro atoms. The zero-order valence-electron chi connectivity index (χ0n) is 11.0. The smallest absolute Gasteiger partial charge is 0.190 e. The molecule has 0 radical (unpaired) electrons. The van der Waals surface area contributed by atoms with Crippen molar-refractivity contribution < 1.29 is 0 Å². The lowest BCUT2D eigenvalue weighted by Gasteiger charge is -2.13. The van der Waals surface area contributed by atoms with Crippen LogP contribution in [0, 0.1) is 6.92 Å². The fourth-order valence-corrected chi connectivity index (χ4v) is 3.57.